The molecule has 0 saturated carbocycles. The van der Waals surface area contributed by atoms with E-state index in [1.807, 2.05) is 60.7 Å². The SMILES string of the molecule is O=C(CC(c1ccccc1)c1ccccc1)Nc1nnc(-c2ccc(Cl)cc2Cl)o1. The normalized spacial score (nSPS) is 10.9. The van der Waals surface area contributed by atoms with Crippen LogP contribution in [0.4, 0.5) is 6.01 Å². The lowest BCUT2D eigenvalue weighted by Gasteiger charge is -2.17. The number of amides is 1. The first-order valence-electron chi connectivity index (χ1n) is 9.29. The molecule has 150 valence electrons. The van der Waals surface area contributed by atoms with Crippen LogP contribution in [0.5, 0.6) is 0 Å². The van der Waals surface area contributed by atoms with Crippen molar-refractivity contribution in [1.82, 2.24) is 10.2 Å². The van der Waals surface area contributed by atoms with Gasteiger partial charge in [0.1, 0.15) is 0 Å². The zero-order valence-electron chi connectivity index (χ0n) is 15.8. The number of benzene rings is 3. The van der Waals surface area contributed by atoms with E-state index in [9.17, 15) is 4.79 Å². The largest absolute Gasteiger partial charge is 0.403 e. The van der Waals surface area contributed by atoms with E-state index in [0.717, 1.165) is 11.1 Å². The Labute approximate surface area is 183 Å². The van der Waals surface area contributed by atoms with E-state index in [2.05, 4.69) is 15.5 Å². The summed E-state index contributed by atoms with van der Waals surface area (Å²) in [5, 5.41) is 11.5. The van der Waals surface area contributed by atoms with Gasteiger partial charge in [0.25, 0.3) is 5.89 Å². The van der Waals surface area contributed by atoms with Gasteiger partial charge in [0, 0.05) is 17.4 Å². The summed E-state index contributed by atoms with van der Waals surface area (Å²) in [5.74, 6) is -0.125. The van der Waals surface area contributed by atoms with Gasteiger partial charge in [0.2, 0.25) is 5.91 Å². The molecule has 7 heteroatoms. The third kappa shape index (κ3) is 4.70. The molecule has 3 aromatic carbocycles. The summed E-state index contributed by atoms with van der Waals surface area (Å²) in [4.78, 5) is 12.7. The van der Waals surface area contributed by atoms with Gasteiger partial charge in [-0.1, -0.05) is 89.0 Å². The van der Waals surface area contributed by atoms with E-state index in [4.69, 9.17) is 27.6 Å². The Morgan fingerprint density at radius 3 is 2.13 bits per heavy atom. The molecule has 30 heavy (non-hydrogen) atoms. The number of rotatable bonds is 6. The molecule has 4 rings (SSSR count). The van der Waals surface area contributed by atoms with Gasteiger partial charge in [-0.25, -0.2) is 0 Å². The summed E-state index contributed by atoms with van der Waals surface area (Å²) >= 11 is 12.1. The van der Waals surface area contributed by atoms with Crippen molar-refractivity contribution in [3.8, 4) is 11.5 Å². The summed E-state index contributed by atoms with van der Waals surface area (Å²) in [5.41, 5.74) is 2.65. The molecule has 0 fully saturated rings. The van der Waals surface area contributed by atoms with E-state index >= 15 is 0 Å². The minimum Gasteiger partial charge on any atom is -0.403 e. The smallest absolute Gasteiger partial charge is 0.322 e. The molecule has 0 aliphatic rings. The first kappa shape index (κ1) is 20.1. The van der Waals surface area contributed by atoms with Crippen LogP contribution in [-0.2, 0) is 4.79 Å². The van der Waals surface area contributed by atoms with Crippen molar-refractivity contribution in [3.05, 3.63) is 100 Å². The standard InChI is InChI=1S/C23H17Cl2N3O2/c24-17-11-12-18(20(25)13-17)22-27-28-23(30-22)26-21(29)14-19(15-7-3-1-4-8-15)16-9-5-2-6-10-16/h1-13,19H,14H2,(H,26,28,29). The second-order valence-electron chi connectivity index (χ2n) is 6.66. The summed E-state index contributed by atoms with van der Waals surface area (Å²) in [6.07, 6.45) is 0.230. The zero-order chi connectivity index (χ0) is 20.9. The van der Waals surface area contributed by atoms with Crippen LogP contribution >= 0.6 is 23.2 Å². The maximum atomic E-state index is 12.7. The van der Waals surface area contributed by atoms with E-state index < -0.39 is 0 Å². The number of hydrogen-bond acceptors (Lipinski definition) is 4. The molecule has 1 N–H and O–H groups in total. The second kappa shape index (κ2) is 9.11. The van der Waals surface area contributed by atoms with Gasteiger partial charge >= 0.3 is 6.01 Å². The highest BCUT2D eigenvalue weighted by molar-refractivity contribution is 6.36. The van der Waals surface area contributed by atoms with E-state index in [1.165, 1.54) is 0 Å². The fourth-order valence-electron chi connectivity index (χ4n) is 3.20. The molecule has 1 aromatic heterocycles. The van der Waals surface area contributed by atoms with Crippen LogP contribution in [0.15, 0.2) is 83.3 Å². The lowest BCUT2D eigenvalue weighted by Crippen LogP contribution is -2.16. The Hall–Kier alpha value is -3.15. The maximum absolute atomic E-state index is 12.7. The Kier molecular flexibility index (Phi) is 6.12. The summed E-state index contributed by atoms with van der Waals surface area (Å²) < 4.78 is 5.57. The summed E-state index contributed by atoms with van der Waals surface area (Å²) in [7, 11) is 0. The molecule has 0 aliphatic heterocycles. The minimum absolute atomic E-state index is 0.0147. The molecule has 1 heterocycles. The Morgan fingerprint density at radius 2 is 1.53 bits per heavy atom. The third-order valence-electron chi connectivity index (χ3n) is 4.63. The number of hydrogen-bond donors (Lipinski definition) is 1. The predicted octanol–water partition coefficient (Wildman–Crippen LogP) is 6.20. The highest BCUT2D eigenvalue weighted by atomic mass is 35.5. The Bertz CT molecular complexity index is 1110. The average Bonchev–Trinajstić information content (AvgIpc) is 3.21. The summed E-state index contributed by atoms with van der Waals surface area (Å²) in [6, 6.07) is 24.8. The van der Waals surface area contributed by atoms with Crippen molar-refractivity contribution in [2.75, 3.05) is 5.32 Å². The Morgan fingerprint density at radius 1 is 0.900 bits per heavy atom. The van der Waals surface area contributed by atoms with E-state index in [1.54, 1.807) is 18.2 Å². The van der Waals surface area contributed by atoms with E-state index in [-0.39, 0.29) is 30.2 Å². The minimum atomic E-state index is -0.231. The van der Waals surface area contributed by atoms with Crippen LogP contribution < -0.4 is 5.32 Å². The lowest BCUT2D eigenvalue weighted by molar-refractivity contribution is -0.116. The van der Waals surface area contributed by atoms with Gasteiger partial charge in [-0.2, -0.15) is 0 Å². The number of carbonyl (C=O) groups excluding carboxylic acids is 1. The molecule has 0 saturated heterocycles. The van der Waals surface area contributed by atoms with Crippen molar-refractivity contribution < 1.29 is 9.21 Å². The molecule has 0 radical (unpaired) electrons. The van der Waals surface area contributed by atoms with Gasteiger partial charge in [-0.3, -0.25) is 10.1 Å². The number of halogens is 2. The number of anilines is 1. The van der Waals surface area contributed by atoms with Gasteiger partial charge in [-0.05, 0) is 29.3 Å². The second-order valence-corrected chi connectivity index (χ2v) is 7.51. The van der Waals surface area contributed by atoms with Crippen LogP contribution in [0.1, 0.15) is 23.5 Å². The molecule has 1 amide bonds. The fraction of sp³-hybridized carbons (Fsp3) is 0.0870. The molecule has 0 atom stereocenters. The molecular formula is C23H17Cl2N3O2. The van der Waals surface area contributed by atoms with Crippen LogP contribution in [0.25, 0.3) is 11.5 Å². The molecule has 5 nitrogen and oxygen atoms in total. The first-order chi connectivity index (χ1) is 14.6. The number of carbonyl (C=O) groups is 1. The molecule has 0 spiro atoms. The maximum Gasteiger partial charge on any atom is 0.322 e. The topological polar surface area (TPSA) is 68.0 Å². The van der Waals surface area contributed by atoms with Gasteiger partial charge < -0.3 is 4.42 Å². The monoisotopic (exact) mass is 437 g/mol. The highest BCUT2D eigenvalue weighted by Crippen LogP contribution is 2.31. The zero-order valence-corrected chi connectivity index (χ0v) is 17.3. The first-order valence-corrected chi connectivity index (χ1v) is 10.0. The number of nitrogens with zero attached hydrogens (tertiary/aromatic N) is 2. The van der Waals surface area contributed by atoms with Crippen LogP contribution in [0, 0.1) is 0 Å². The van der Waals surface area contributed by atoms with Gasteiger partial charge in [-0.15, -0.1) is 5.10 Å². The van der Waals surface area contributed by atoms with E-state index in [0.29, 0.717) is 15.6 Å². The molecule has 0 aliphatic carbocycles. The van der Waals surface area contributed by atoms with Gasteiger partial charge in [0.05, 0.1) is 10.6 Å². The van der Waals surface area contributed by atoms with Crippen molar-refractivity contribution in [2.45, 2.75) is 12.3 Å². The van der Waals surface area contributed by atoms with Crippen LogP contribution in [0.2, 0.25) is 10.0 Å². The molecule has 0 bridgehead atoms. The molecule has 0 unspecified atom stereocenters. The Balaban J connectivity index is 1.51. The summed E-state index contributed by atoms with van der Waals surface area (Å²) in [6.45, 7) is 0. The van der Waals surface area contributed by atoms with Gasteiger partial charge in [0.15, 0.2) is 0 Å². The van der Waals surface area contributed by atoms with Crippen molar-refractivity contribution in [2.24, 2.45) is 0 Å². The molecular weight excluding hydrogens is 421 g/mol. The van der Waals surface area contributed by atoms with Crippen molar-refractivity contribution in [3.63, 3.8) is 0 Å². The van der Waals surface area contributed by atoms with Crippen molar-refractivity contribution >= 4 is 35.1 Å². The molecule has 4 aromatic rings. The fourth-order valence-corrected chi connectivity index (χ4v) is 3.69. The number of nitrogens with one attached hydrogen (secondary N) is 1. The lowest BCUT2D eigenvalue weighted by atomic mass is 9.88. The third-order valence-corrected chi connectivity index (χ3v) is 5.17. The highest BCUT2D eigenvalue weighted by Gasteiger charge is 2.20. The quantitative estimate of drug-likeness (QED) is 0.389. The van der Waals surface area contributed by atoms with Crippen molar-refractivity contribution in [1.29, 1.82) is 0 Å². The predicted molar refractivity (Wildman–Crippen MR) is 118 cm³/mol. The van der Waals surface area contributed by atoms with Crippen LogP contribution in [0.3, 0.4) is 0 Å². The average molecular weight is 438 g/mol. The van der Waals surface area contributed by atoms with Crippen LogP contribution in [-0.4, -0.2) is 16.1 Å². The number of aromatic nitrogens is 2.